The lowest BCUT2D eigenvalue weighted by Gasteiger charge is -2.32. The first-order valence-corrected chi connectivity index (χ1v) is 7.40. The van der Waals surface area contributed by atoms with Crippen LogP contribution < -0.4 is 5.32 Å². The van der Waals surface area contributed by atoms with Crippen molar-refractivity contribution in [2.45, 2.75) is 13.0 Å². The summed E-state index contributed by atoms with van der Waals surface area (Å²) >= 11 is 6.16. The fourth-order valence-corrected chi connectivity index (χ4v) is 2.64. The molecule has 0 radical (unpaired) electrons. The molecule has 1 heterocycles. The van der Waals surface area contributed by atoms with Gasteiger partial charge in [0.1, 0.15) is 0 Å². The number of likely N-dealkylation sites (N-methyl/N-ethyl adjacent to an activating group) is 1. The Labute approximate surface area is 125 Å². The molecule has 0 aliphatic carbocycles. The summed E-state index contributed by atoms with van der Waals surface area (Å²) in [6, 6.07) is 7.80. The minimum Gasteiger partial charge on any atom is -0.339 e. The van der Waals surface area contributed by atoms with Crippen LogP contribution in [0.2, 0.25) is 5.02 Å². The molecule has 1 atom stereocenters. The molecule has 1 aromatic rings. The maximum Gasteiger partial charge on any atom is 0.236 e. The number of amides is 1. The van der Waals surface area contributed by atoms with Gasteiger partial charge in [0.2, 0.25) is 5.91 Å². The van der Waals surface area contributed by atoms with Crippen LogP contribution in [0.25, 0.3) is 0 Å². The van der Waals surface area contributed by atoms with Crippen molar-refractivity contribution in [2.24, 2.45) is 0 Å². The Hall–Kier alpha value is -1.10. The molecule has 0 aromatic heterocycles. The molecule has 1 aliphatic heterocycles. The smallest absolute Gasteiger partial charge is 0.236 e. The molecule has 1 saturated heterocycles. The molecule has 2 rings (SSSR count). The molecule has 0 spiro atoms. The van der Waals surface area contributed by atoms with Gasteiger partial charge in [0, 0.05) is 37.2 Å². The van der Waals surface area contributed by atoms with Crippen LogP contribution in [-0.4, -0.2) is 55.5 Å². The highest BCUT2D eigenvalue weighted by atomic mass is 35.5. The predicted octanol–water partition coefficient (Wildman–Crippen LogP) is 1.76. The Morgan fingerprint density at radius 3 is 2.60 bits per heavy atom. The number of piperazine rings is 1. The van der Waals surface area contributed by atoms with Gasteiger partial charge in [-0.1, -0.05) is 29.8 Å². The third kappa shape index (κ3) is 3.95. The highest BCUT2D eigenvalue weighted by molar-refractivity contribution is 6.31. The Morgan fingerprint density at radius 1 is 1.30 bits per heavy atom. The molecule has 4 nitrogen and oxygen atoms in total. The summed E-state index contributed by atoms with van der Waals surface area (Å²) < 4.78 is 0. The van der Waals surface area contributed by atoms with Crippen LogP contribution in [0.3, 0.4) is 0 Å². The molecule has 1 fully saturated rings. The molecule has 110 valence electrons. The Morgan fingerprint density at radius 2 is 1.95 bits per heavy atom. The topological polar surface area (TPSA) is 35.6 Å². The number of nitrogens with one attached hydrogen (secondary N) is 1. The second-order valence-electron chi connectivity index (χ2n) is 5.31. The molecule has 0 unspecified atom stereocenters. The third-order valence-electron chi connectivity index (χ3n) is 3.79. The average Bonchev–Trinajstić information content (AvgIpc) is 2.45. The molecule has 5 heteroatoms. The molecule has 20 heavy (non-hydrogen) atoms. The second kappa shape index (κ2) is 7.07. The summed E-state index contributed by atoms with van der Waals surface area (Å²) in [5, 5.41) is 3.99. The van der Waals surface area contributed by atoms with Crippen molar-refractivity contribution in [1.82, 2.24) is 15.1 Å². The van der Waals surface area contributed by atoms with E-state index in [1.54, 1.807) is 0 Å². The molecule has 0 bridgehead atoms. The highest BCUT2D eigenvalue weighted by Crippen LogP contribution is 2.21. The monoisotopic (exact) mass is 295 g/mol. The zero-order valence-corrected chi connectivity index (χ0v) is 12.9. The van der Waals surface area contributed by atoms with Crippen molar-refractivity contribution in [1.29, 1.82) is 0 Å². The van der Waals surface area contributed by atoms with Gasteiger partial charge in [-0.05, 0) is 25.6 Å². The van der Waals surface area contributed by atoms with Gasteiger partial charge in [-0.3, -0.25) is 4.79 Å². The van der Waals surface area contributed by atoms with Crippen LogP contribution in [-0.2, 0) is 4.79 Å². The zero-order chi connectivity index (χ0) is 14.5. The van der Waals surface area contributed by atoms with Crippen LogP contribution in [0.1, 0.15) is 18.5 Å². The molecule has 1 aromatic carbocycles. The van der Waals surface area contributed by atoms with Crippen LogP contribution >= 0.6 is 11.6 Å². The summed E-state index contributed by atoms with van der Waals surface area (Å²) in [7, 11) is 2.08. The second-order valence-corrected chi connectivity index (χ2v) is 5.72. The van der Waals surface area contributed by atoms with Gasteiger partial charge in [0.15, 0.2) is 0 Å². The average molecular weight is 296 g/mol. The van der Waals surface area contributed by atoms with E-state index in [4.69, 9.17) is 11.6 Å². The summed E-state index contributed by atoms with van der Waals surface area (Å²) in [6.07, 6.45) is 0. The van der Waals surface area contributed by atoms with Crippen LogP contribution in [0.15, 0.2) is 24.3 Å². The van der Waals surface area contributed by atoms with E-state index < -0.39 is 0 Å². The number of benzene rings is 1. The number of rotatable bonds is 4. The van der Waals surface area contributed by atoms with Gasteiger partial charge in [-0.15, -0.1) is 0 Å². The number of halogens is 1. The lowest BCUT2D eigenvalue weighted by atomic mass is 10.1. The maximum atomic E-state index is 12.1. The quantitative estimate of drug-likeness (QED) is 0.919. The van der Waals surface area contributed by atoms with Gasteiger partial charge < -0.3 is 15.1 Å². The van der Waals surface area contributed by atoms with Gasteiger partial charge >= 0.3 is 0 Å². The lowest BCUT2D eigenvalue weighted by Crippen LogP contribution is -2.49. The van der Waals surface area contributed by atoms with E-state index in [0.717, 1.165) is 36.8 Å². The minimum absolute atomic E-state index is 0.0696. The highest BCUT2D eigenvalue weighted by Gasteiger charge is 2.19. The SMILES string of the molecule is C[C@H](NCC(=O)N1CCN(C)CC1)c1ccccc1Cl. The number of carbonyl (C=O) groups excluding carboxylic acids is 1. The van der Waals surface area contributed by atoms with E-state index in [-0.39, 0.29) is 11.9 Å². The van der Waals surface area contributed by atoms with E-state index in [2.05, 4.69) is 17.3 Å². The first kappa shape index (κ1) is 15.3. The normalized spacial score (nSPS) is 18.1. The van der Waals surface area contributed by atoms with E-state index in [1.165, 1.54) is 0 Å². The lowest BCUT2D eigenvalue weighted by molar-refractivity contribution is -0.131. The standard InChI is InChI=1S/C15H22ClN3O/c1-12(13-5-3-4-6-14(13)16)17-11-15(20)19-9-7-18(2)8-10-19/h3-6,12,17H,7-11H2,1-2H3/t12-/m0/s1. The van der Waals surface area contributed by atoms with Crippen LogP contribution in [0.5, 0.6) is 0 Å². The van der Waals surface area contributed by atoms with E-state index in [1.807, 2.05) is 36.1 Å². The van der Waals surface area contributed by atoms with Crippen molar-refractivity contribution in [3.8, 4) is 0 Å². The summed E-state index contributed by atoms with van der Waals surface area (Å²) in [5.41, 5.74) is 1.03. The van der Waals surface area contributed by atoms with E-state index >= 15 is 0 Å². The minimum atomic E-state index is 0.0696. The Kier molecular flexibility index (Phi) is 5.40. The number of hydrogen-bond donors (Lipinski definition) is 1. The fraction of sp³-hybridized carbons (Fsp3) is 0.533. The summed E-state index contributed by atoms with van der Waals surface area (Å²) in [6.45, 7) is 5.92. The third-order valence-corrected chi connectivity index (χ3v) is 4.13. The van der Waals surface area contributed by atoms with Gasteiger partial charge in [0.05, 0.1) is 6.54 Å². The van der Waals surface area contributed by atoms with Crippen LogP contribution in [0.4, 0.5) is 0 Å². The van der Waals surface area contributed by atoms with Gasteiger partial charge in [0.25, 0.3) is 0 Å². The van der Waals surface area contributed by atoms with Crippen LogP contribution in [0, 0.1) is 0 Å². The van der Waals surface area contributed by atoms with E-state index in [9.17, 15) is 4.79 Å². The Balaban J connectivity index is 1.83. The first-order chi connectivity index (χ1) is 9.58. The number of nitrogens with zero attached hydrogens (tertiary/aromatic N) is 2. The van der Waals surface area contributed by atoms with Crippen molar-refractivity contribution in [3.05, 3.63) is 34.9 Å². The number of carbonyl (C=O) groups is 1. The van der Waals surface area contributed by atoms with Gasteiger partial charge in [-0.25, -0.2) is 0 Å². The Bertz CT molecular complexity index is 458. The van der Waals surface area contributed by atoms with Crippen molar-refractivity contribution < 1.29 is 4.79 Å². The maximum absolute atomic E-state index is 12.1. The fourth-order valence-electron chi connectivity index (χ4n) is 2.34. The zero-order valence-electron chi connectivity index (χ0n) is 12.1. The number of hydrogen-bond acceptors (Lipinski definition) is 3. The summed E-state index contributed by atoms with van der Waals surface area (Å²) in [5.74, 6) is 0.164. The molecule has 0 saturated carbocycles. The van der Waals surface area contributed by atoms with Crippen molar-refractivity contribution in [2.75, 3.05) is 39.8 Å². The van der Waals surface area contributed by atoms with Crippen molar-refractivity contribution >= 4 is 17.5 Å². The van der Waals surface area contributed by atoms with Crippen molar-refractivity contribution in [3.63, 3.8) is 0 Å². The summed E-state index contributed by atoms with van der Waals surface area (Å²) in [4.78, 5) is 16.3. The molecule has 1 amide bonds. The molecular formula is C15H22ClN3O. The first-order valence-electron chi connectivity index (χ1n) is 7.02. The van der Waals surface area contributed by atoms with Gasteiger partial charge in [-0.2, -0.15) is 0 Å². The van der Waals surface area contributed by atoms with E-state index in [0.29, 0.717) is 6.54 Å². The largest absolute Gasteiger partial charge is 0.339 e. The molecule has 1 N–H and O–H groups in total. The molecule has 1 aliphatic rings. The predicted molar refractivity (Wildman–Crippen MR) is 81.9 cm³/mol. The molecular weight excluding hydrogens is 274 g/mol.